The summed E-state index contributed by atoms with van der Waals surface area (Å²) in [5, 5.41) is 4.70. The summed E-state index contributed by atoms with van der Waals surface area (Å²) in [6.45, 7) is 4.11. The Balaban J connectivity index is 1.81. The molecule has 3 aromatic rings. The van der Waals surface area contributed by atoms with Gasteiger partial charge in [-0.3, -0.25) is 4.98 Å². The Morgan fingerprint density at radius 2 is 2.05 bits per heavy atom. The minimum absolute atomic E-state index is 0.834. The number of anilines is 1. The molecule has 0 atom stereocenters. The lowest BCUT2D eigenvalue weighted by molar-refractivity contribution is 0.654. The predicted molar refractivity (Wildman–Crippen MR) is 83.8 cm³/mol. The average Bonchev–Trinajstić information content (AvgIpc) is 2.93. The van der Waals surface area contributed by atoms with Gasteiger partial charge >= 0.3 is 0 Å². The van der Waals surface area contributed by atoms with Gasteiger partial charge in [0.05, 0.1) is 12.1 Å². The smallest absolute Gasteiger partial charge is 0.0722 e. The van der Waals surface area contributed by atoms with Crippen LogP contribution in [0.5, 0.6) is 0 Å². The van der Waals surface area contributed by atoms with Crippen molar-refractivity contribution in [2.45, 2.75) is 26.4 Å². The van der Waals surface area contributed by atoms with E-state index in [0.29, 0.717) is 0 Å². The van der Waals surface area contributed by atoms with Crippen LogP contribution in [0.2, 0.25) is 0 Å². The van der Waals surface area contributed by atoms with Gasteiger partial charge in [0.2, 0.25) is 0 Å². The number of aryl methyl sites for hydroxylation is 1. The number of fused-ring (bicyclic) bond motifs is 1. The first-order valence-corrected chi connectivity index (χ1v) is 7.10. The quantitative estimate of drug-likeness (QED) is 0.754. The lowest BCUT2D eigenvalue weighted by atomic mass is 10.2. The molecule has 3 nitrogen and oxygen atoms in total. The summed E-state index contributed by atoms with van der Waals surface area (Å²) in [5.74, 6) is 0. The minimum atomic E-state index is 0.834. The van der Waals surface area contributed by atoms with Crippen LogP contribution in [-0.2, 0) is 13.1 Å². The Labute approximate surface area is 119 Å². The van der Waals surface area contributed by atoms with Crippen LogP contribution < -0.4 is 5.32 Å². The summed E-state index contributed by atoms with van der Waals surface area (Å²) in [5.41, 5.74) is 3.48. The fraction of sp³-hybridized carbons (Fsp3) is 0.235. The van der Waals surface area contributed by atoms with Crippen LogP contribution >= 0.6 is 0 Å². The van der Waals surface area contributed by atoms with E-state index in [2.05, 4.69) is 52.3 Å². The first-order chi connectivity index (χ1) is 9.88. The SMILES string of the molecule is CCCn1cccc1CNc1cccc2ncccc12. The lowest BCUT2D eigenvalue weighted by Crippen LogP contribution is -2.07. The van der Waals surface area contributed by atoms with Crippen molar-refractivity contribution in [3.05, 3.63) is 60.6 Å². The predicted octanol–water partition coefficient (Wildman–Crippen LogP) is 4.06. The summed E-state index contributed by atoms with van der Waals surface area (Å²) in [7, 11) is 0. The lowest BCUT2D eigenvalue weighted by Gasteiger charge is -2.12. The van der Waals surface area contributed by atoms with Crippen LogP contribution in [0.4, 0.5) is 5.69 Å². The van der Waals surface area contributed by atoms with Gasteiger partial charge in [0.1, 0.15) is 0 Å². The molecule has 0 aliphatic heterocycles. The van der Waals surface area contributed by atoms with Gasteiger partial charge in [-0.25, -0.2) is 0 Å². The molecule has 3 rings (SSSR count). The normalized spacial score (nSPS) is 10.8. The van der Waals surface area contributed by atoms with Crippen LogP contribution in [0.3, 0.4) is 0 Å². The van der Waals surface area contributed by atoms with Gasteiger partial charge in [-0.2, -0.15) is 0 Å². The maximum Gasteiger partial charge on any atom is 0.0722 e. The Kier molecular flexibility index (Phi) is 3.68. The van der Waals surface area contributed by atoms with E-state index in [1.54, 1.807) is 0 Å². The van der Waals surface area contributed by atoms with E-state index in [9.17, 15) is 0 Å². The van der Waals surface area contributed by atoms with Gasteiger partial charge in [-0.15, -0.1) is 0 Å². The summed E-state index contributed by atoms with van der Waals surface area (Å²) in [4.78, 5) is 4.39. The second-order valence-electron chi connectivity index (χ2n) is 4.92. The molecule has 0 unspecified atom stereocenters. The molecule has 0 fully saturated rings. The van der Waals surface area contributed by atoms with E-state index < -0.39 is 0 Å². The highest BCUT2D eigenvalue weighted by Gasteiger charge is 2.03. The number of hydrogen-bond donors (Lipinski definition) is 1. The molecule has 20 heavy (non-hydrogen) atoms. The molecule has 0 amide bonds. The first-order valence-electron chi connectivity index (χ1n) is 7.10. The average molecular weight is 265 g/mol. The fourth-order valence-corrected chi connectivity index (χ4v) is 2.51. The number of hydrogen-bond acceptors (Lipinski definition) is 2. The summed E-state index contributed by atoms with van der Waals surface area (Å²) < 4.78 is 2.30. The zero-order valence-electron chi connectivity index (χ0n) is 11.7. The van der Waals surface area contributed by atoms with Gasteiger partial charge in [-0.05, 0) is 42.8 Å². The highest BCUT2D eigenvalue weighted by molar-refractivity contribution is 5.91. The number of pyridine rings is 1. The van der Waals surface area contributed by atoms with Crippen LogP contribution in [0.15, 0.2) is 54.9 Å². The number of rotatable bonds is 5. The van der Waals surface area contributed by atoms with E-state index in [4.69, 9.17) is 0 Å². The van der Waals surface area contributed by atoms with Crippen molar-refractivity contribution in [1.29, 1.82) is 0 Å². The molecule has 0 aliphatic carbocycles. The molecule has 102 valence electrons. The van der Waals surface area contributed by atoms with E-state index in [1.807, 2.05) is 24.4 Å². The third-order valence-electron chi connectivity index (χ3n) is 3.49. The van der Waals surface area contributed by atoms with Crippen molar-refractivity contribution in [2.24, 2.45) is 0 Å². The molecule has 2 aromatic heterocycles. The fourth-order valence-electron chi connectivity index (χ4n) is 2.51. The molecule has 0 saturated heterocycles. The van der Waals surface area contributed by atoms with Crippen LogP contribution in [-0.4, -0.2) is 9.55 Å². The molecular formula is C17H19N3. The summed E-state index contributed by atoms with van der Waals surface area (Å²) in [6.07, 6.45) is 5.13. The molecule has 1 N–H and O–H groups in total. The number of nitrogens with one attached hydrogen (secondary N) is 1. The zero-order chi connectivity index (χ0) is 13.8. The number of aromatic nitrogens is 2. The molecular weight excluding hydrogens is 246 g/mol. The van der Waals surface area contributed by atoms with Crippen molar-refractivity contribution < 1.29 is 0 Å². The standard InChI is InChI=1S/C17H19N3/c1-2-11-20-12-5-6-14(20)13-19-17-9-3-8-16-15(17)7-4-10-18-16/h3-10,12,19H,2,11,13H2,1H3. The van der Waals surface area contributed by atoms with Gasteiger partial charge in [-0.1, -0.05) is 13.0 Å². The number of benzene rings is 1. The third-order valence-corrected chi connectivity index (χ3v) is 3.49. The minimum Gasteiger partial charge on any atom is -0.379 e. The second-order valence-corrected chi connectivity index (χ2v) is 4.92. The molecule has 0 saturated carbocycles. The Hall–Kier alpha value is -2.29. The Bertz CT molecular complexity index is 695. The Morgan fingerprint density at radius 3 is 2.95 bits per heavy atom. The van der Waals surface area contributed by atoms with Crippen LogP contribution in [0.1, 0.15) is 19.0 Å². The van der Waals surface area contributed by atoms with E-state index in [1.165, 1.54) is 11.1 Å². The van der Waals surface area contributed by atoms with Crippen molar-refractivity contribution in [3.63, 3.8) is 0 Å². The van der Waals surface area contributed by atoms with E-state index in [-0.39, 0.29) is 0 Å². The number of nitrogens with zero attached hydrogens (tertiary/aromatic N) is 2. The van der Waals surface area contributed by atoms with Gasteiger partial charge in [0.15, 0.2) is 0 Å². The van der Waals surface area contributed by atoms with E-state index in [0.717, 1.165) is 30.7 Å². The first kappa shape index (κ1) is 12.7. The topological polar surface area (TPSA) is 29.9 Å². The molecule has 3 heteroatoms. The van der Waals surface area contributed by atoms with Gasteiger partial charge in [0.25, 0.3) is 0 Å². The van der Waals surface area contributed by atoms with E-state index >= 15 is 0 Å². The maximum absolute atomic E-state index is 4.39. The Morgan fingerprint density at radius 1 is 1.10 bits per heavy atom. The summed E-state index contributed by atoms with van der Waals surface area (Å²) >= 11 is 0. The van der Waals surface area contributed by atoms with Gasteiger partial charge in [0, 0.05) is 35.7 Å². The van der Waals surface area contributed by atoms with Crippen molar-refractivity contribution in [3.8, 4) is 0 Å². The van der Waals surface area contributed by atoms with Crippen LogP contribution in [0, 0.1) is 0 Å². The van der Waals surface area contributed by atoms with Crippen LogP contribution in [0.25, 0.3) is 10.9 Å². The molecule has 0 spiro atoms. The second kappa shape index (κ2) is 5.78. The molecule has 1 aromatic carbocycles. The van der Waals surface area contributed by atoms with Crippen molar-refractivity contribution in [2.75, 3.05) is 5.32 Å². The summed E-state index contributed by atoms with van der Waals surface area (Å²) in [6, 6.07) is 14.6. The molecule has 0 bridgehead atoms. The highest BCUT2D eigenvalue weighted by atomic mass is 15.0. The molecule has 2 heterocycles. The van der Waals surface area contributed by atoms with Crippen molar-refractivity contribution in [1.82, 2.24) is 9.55 Å². The van der Waals surface area contributed by atoms with Crippen molar-refractivity contribution >= 4 is 16.6 Å². The highest BCUT2D eigenvalue weighted by Crippen LogP contribution is 2.22. The monoisotopic (exact) mass is 265 g/mol. The zero-order valence-corrected chi connectivity index (χ0v) is 11.7. The largest absolute Gasteiger partial charge is 0.379 e. The maximum atomic E-state index is 4.39. The molecule has 0 radical (unpaired) electrons. The van der Waals surface area contributed by atoms with Gasteiger partial charge < -0.3 is 9.88 Å². The molecule has 0 aliphatic rings. The third kappa shape index (κ3) is 2.52.